The number of halogens is 2. The third-order valence-corrected chi connectivity index (χ3v) is 2.04. The molecule has 1 aromatic rings. The maximum Gasteiger partial charge on any atom is 0.163 e. The lowest BCUT2D eigenvalue weighted by molar-refractivity contribution is 0.405. The molecule has 0 aliphatic carbocycles. The minimum absolute atomic E-state index is 0.0969. The maximum atomic E-state index is 13.1. The second-order valence-corrected chi connectivity index (χ2v) is 3.17. The lowest BCUT2D eigenvalue weighted by Gasteiger charge is -2.05. The fourth-order valence-electron chi connectivity index (χ4n) is 0.976. The molecule has 0 aliphatic rings. The maximum absolute atomic E-state index is 13.1. The summed E-state index contributed by atoms with van der Waals surface area (Å²) in [6, 6.07) is 1.96. The molecule has 1 aromatic carbocycles. The molecule has 5 heteroatoms. The van der Waals surface area contributed by atoms with Crippen molar-refractivity contribution in [1.29, 1.82) is 0 Å². The van der Waals surface area contributed by atoms with E-state index in [2.05, 4.69) is 0 Å². The van der Waals surface area contributed by atoms with Crippen molar-refractivity contribution in [3.05, 3.63) is 29.3 Å². The number of methoxy groups -OCH3 is 1. The van der Waals surface area contributed by atoms with Crippen LogP contribution in [0.25, 0.3) is 0 Å². The highest BCUT2D eigenvalue weighted by molar-refractivity contribution is 7.80. The van der Waals surface area contributed by atoms with Gasteiger partial charge < -0.3 is 10.5 Å². The molecule has 0 aromatic heterocycles. The van der Waals surface area contributed by atoms with Crippen molar-refractivity contribution in [2.75, 3.05) is 12.8 Å². The van der Waals surface area contributed by atoms with Crippen molar-refractivity contribution in [1.82, 2.24) is 0 Å². The standard InChI is InChI=1S/C9H9F2NOS/c1-13-9(14)3-5-2-8(12)7(11)4-6(5)10/h2,4H,3,12H2,1H3. The quantitative estimate of drug-likeness (QED) is 0.608. The number of nitrogen functional groups attached to an aromatic ring is 1. The average Bonchev–Trinajstić information content (AvgIpc) is 2.14. The first-order valence-corrected chi connectivity index (χ1v) is 4.25. The summed E-state index contributed by atoms with van der Waals surface area (Å²) >= 11 is 4.75. The van der Waals surface area contributed by atoms with Gasteiger partial charge in [0.25, 0.3) is 0 Å². The van der Waals surface area contributed by atoms with Crippen LogP contribution < -0.4 is 5.73 Å². The summed E-state index contributed by atoms with van der Waals surface area (Å²) in [5.41, 5.74) is 5.42. The van der Waals surface area contributed by atoms with Crippen molar-refractivity contribution < 1.29 is 13.5 Å². The Morgan fingerprint density at radius 3 is 2.64 bits per heavy atom. The van der Waals surface area contributed by atoms with Gasteiger partial charge in [0.15, 0.2) is 5.05 Å². The van der Waals surface area contributed by atoms with Crippen LogP contribution in [0.5, 0.6) is 0 Å². The lowest BCUT2D eigenvalue weighted by Crippen LogP contribution is -2.05. The highest BCUT2D eigenvalue weighted by Gasteiger charge is 2.09. The van der Waals surface area contributed by atoms with Gasteiger partial charge in [0, 0.05) is 12.5 Å². The fraction of sp³-hybridized carbons (Fsp3) is 0.222. The van der Waals surface area contributed by atoms with E-state index in [1.54, 1.807) is 0 Å². The number of nitrogens with two attached hydrogens (primary N) is 1. The Kier molecular flexibility index (Phi) is 3.35. The molecule has 0 radical (unpaired) electrons. The smallest absolute Gasteiger partial charge is 0.163 e. The monoisotopic (exact) mass is 217 g/mol. The van der Waals surface area contributed by atoms with Crippen LogP contribution in [0.15, 0.2) is 12.1 Å². The van der Waals surface area contributed by atoms with Gasteiger partial charge >= 0.3 is 0 Å². The van der Waals surface area contributed by atoms with Crippen LogP contribution in [-0.2, 0) is 11.2 Å². The van der Waals surface area contributed by atoms with Gasteiger partial charge in [-0.1, -0.05) is 0 Å². The van der Waals surface area contributed by atoms with E-state index < -0.39 is 11.6 Å². The van der Waals surface area contributed by atoms with Crippen LogP contribution in [0.3, 0.4) is 0 Å². The molecule has 2 nitrogen and oxygen atoms in total. The molecule has 0 heterocycles. The first kappa shape index (κ1) is 10.8. The highest BCUT2D eigenvalue weighted by Crippen LogP contribution is 2.17. The van der Waals surface area contributed by atoms with E-state index in [-0.39, 0.29) is 22.7 Å². The summed E-state index contributed by atoms with van der Waals surface area (Å²) in [4.78, 5) is 0. The Hall–Kier alpha value is -1.23. The van der Waals surface area contributed by atoms with E-state index >= 15 is 0 Å². The van der Waals surface area contributed by atoms with Crippen LogP contribution >= 0.6 is 12.2 Å². The van der Waals surface area contributed by atoms with Gasteiger partial charge in [-0.3, -0.25) is 0 Å². The molecule has 0 saturated carbocycles. The second-order valence-electron chi connectivity index (χ2n) is 2.72. The van der Waals surface area contributed by atoms with Crippen molar-refractivity contribution >= 4 is 23.0 Å². The first-order valence-electron chi connectivity index (χ1n) is 3.84. The molecule has 14 heavy (non-hydrogen) atoms. The normalized spacial score (nSPS) is 9.93. The fourth-order valence-corrected chi connectivity index (χ4v) is 1.13. The summed E-state index contributed by atoms with van der Waals surface area (Å²) in [6.07, 6.45) is 0.113. The molecule has 0 unspecified atom stereocenters. The zero-order valence-corrected chi connectivity index (χ0v) is 8.33. The van der Waals surface area contributed by atoms with Crippen molar-refractivity contribution in [3.8, 4) is 0 Å². The topological polar surface area (TPSA) is 35.2 Å². The van der Waals surface area contributed by atoms with E-state index in [1.807, 2.05) is 0 Å². The molecule has 0 saturated heterocycles. The third-order valence-electron chi connectivity index (χ3n) is 1.73. The minimum atomic E-state index is -0.769. The predicted octanol–water partition coefficient (Wildman–Crippen LogP) is 2.06. The molecule has 0 bridgehead atoms. The summed E-state index contributed by atoms with van der Waals surface area (Å²) in [5.74, 6) is -1.44. The average molecular weight is 217 g/mol. The molecular weight excluding hydrogens is 208 g/mol. The Morgan fingerprint density at radius 2 is 2.07 bits per heavy atom. The van der Waals surface area contributed by atoms with Crippen molar-refractivity contribution in [2.45, 2.75) is 6.42 Å². The van der Waals surface area contributed by atoms with Gasteiger partial charge in [-0.25, -0.2) is 8.78 Å². The molecule has 0 aliphatic heterocycles. The van der Waals surface area contributed by atoms with Crippen LogP contribution in [-0.4, -0.2) is 12.2 Å². The predicted molar refractivity (Wildman–Crippen MR) is 54.1 cm³/mol. The molecule has 2 N–H and O–H groups in total. The Morgan fingerprint density at radius 1 is 1.43 bits per heavy atom. The highest BCUT2D eigenvalue weighted by atomic mass is 32.1. The van der Waals surface area contributed by atoms with Gasteiger partial charge in [0.1, 0.15) is 11.6 Å². The number of ether oxygens (including phenoxy) is 1. The zero-order chi connectivity index (χ0) is 10.7. The van der Waals surface area contributed by atoms with Crippen molar-refractivity contribution in [2.24, 2.45) is 0 Å². The van der Waals surface area contributed by atoms with E-state index in [0.29, 0.717) is 0 Å². The van der Waals surface area contributed by atoms with Crippen molar-refractivity contribution in [3.63, 3.8) is 0 Å². The largest absolute Gasteiger partial charge is 0.490 e. The van der Waals surface area contributed by atoms with Gasteiger partial charge in [-0.15, -0.1) is 0 Å². The zero-order valence-electron chi connectivity index (χ0n) is 7.51. The molecule has 76 valence electrons. The summed E-state index contributed by atoms with van der Waals surface area (Å²) < 4.78 is 30.6. The number of rotatable bonds is 2. The Bertz CT molecular complexity index is 368. The van der Waals surface area contributed by atoms with E-state index in [1.165, 1.54) is 13.2 Å². The van der Waals surface area contributed by atoms with E-state index in [0.717, 1.165) is 6.07 Å². The van der Waals surface area contributed by atoms with E-state index in [4.69, 9.17) is 22.7 Å². The SMILES string of the molecule is COC(=S)Cc1cc(N)c(F)cc1F. The minimum Gasteiger partial charge on any atom is -0.490 e. The lowest BCUT2D eigenvalue weighted by atomic mass is 10.1. The molecule has 0 amide bonds. The number of anilines is 1. The molecule has 0 fully saturated rings. The van der Waals surface area contributed by atoms with Crippen LogP contribution in [0.2, 0.25) is 0 Å². The summed E-state index contributed by atoms with van der Waals surface area (Å²) in [6.45, 7) is 0. The molecule has 0 spiro atoms. The van der Waals surface area contributed by atoms with Crippen LogP contribution in [0.4, 0.5) is 14.5 Å². The number of benzene rings is 1. The van der Waals surface area contributed by atoms with Gasteiger partial charge in [-0.2, -0.15) is 0 Å². The molecular formula is C9H9F2NOS. The first-order chi connectivity index (χ1) is 6.54. The number of thiocarbonyl (C=S) groups is 1. The Labute approximate surface area is 85.7 Å². The molecule has 0 atom stereocenters. The molecule has 1 rings (SSSR count). The Balaban J connectivity index is 2.98. The van der Waals surface area contributed by atoms with Crippen LogP contribution in [0, 0.1) is 11.6 Å². The number of hydrogen-bond donors (Lipinski definition) is 1. The van der Waals surface area contributed by atoms with Gasteiger partial charge in [0.2, 0.25) is 0 Å². The third kappa shape index (κ3) is 2.38. The van der Waals surface area contributed by atoms with E-state index in [9.17, 15) is 8.78 Å². The summed E-state index contributed by atoms with van der Waals surface area (Å²) in [5, 5.41) is 0.231. The second kappa shape index (κ2) is 4.32. The summed E-state index contributed by atoms with van der Waals surface area (Å²) in [7, 11) is 1.40. The van der Waals surface area contributed by atoms with Gasteiger partial charge in [-0.05, 0) is 23.8 Å². The number of hydrogen-bond acceptors (Lipinski definition) is 3. The van der Waals surface area contributed by atoms with Gasteiger partial charge in [0.05, 0.1) is 12.8 Å². The van der Waals surface area contributed by atoms with Crippen LogP contribution in [0.1, 0.15) is 5.56 Å².